The van der Waals surface area contributed by atoms with Gasteiger partial charge >= 0.3 is 6.16 Å². The van der Waals surface area contributed by atoms with Crippen LogP contribution in [0.2, 0.25) is 0 Å². The molecule has 6 rings (SSSR count). The maximum absolute atomic E-state index is 13.2. The number of ether oxygens (including phenoxy) is 4. The summed E-state index contributed by atoms with van der Waals surface area (Å²) in [6.07, 6.45) is 0.837. The summed E-state index contributed by atoms with van der Waals surface area (Å²) < 4.78 is 21.9. The number of para-hydroxylation sites is 1. The van der Waals surface area contributed by atoms with Gasteiger partial charge in [-0.25, -0.2) is 4.79 Å². The smallest absolute Gasteiger partial charge is 0.497 e. The molecule has 1 aromatic heterocycles. The SMILES string of the molecule is COc1ccc2[nH]c(-c3ccccc3)c(/C=C3/Oc4cc(OC(=O)Oc5ccccc5)ccc4C3=O)c2c1. The highest BCUT2D eigenvalue weighted by Crippen LogP contribution is 2.38. The first-order valence-corrected chi connectivity index (χ1v) is 11.9. The van der Waals surface area contributed by atoms with E-state index in [1.54, 1.807) is 43.5 Å². The molecule has 0 atom stereocenters. The summed E-state index contributed by atoms with van der Waals surface area (Å²) in [7, 11) is 1.61. The number of methoxy groups -OCH3 is 1. The summed E-state index contributed by atoms with van der Waals surface area (Å²) in [4.78, 5) is 28.9. The topological polar surface area (TPSA) is 86.8 Å². The van der Waals surface area contributed by atoms with E-state index in [1.165, 1.54) is 12.1 Å². The number of carbonyl (C=O) groups excluding carboxylic acids is 2. The van der Waals surface area contributed by atoms with Crippen molar-refractivity contribution in [3.63, 3.8) is 0 Å². The van der Waals surface area contributed by atoms with Gasteiger partial charge in [0.1, 0.15) is 23.0 Å². The zero-order valence-corrected chi connectivity index (χ0v) is 20.3. The number of ketones is 1. The molecule has 38 heavy (non-hydrogen) atoms. The van der Waals surface area contributed by atoms with E-state index in [4.69, 9.17) is 18.9 Å². The molecule has 1 aliphatic rings. The molecule has 1 N–H and O–H groups in total. The minimum atomic E-state index is -0.892. The molecular formula is C31H21NO6. The van der Waals surface area contributed by atoms with Gasteiger partial charge in [-0.15, -0.1) is 0 Å². The van der Waals surface area contributed by atoms with Crippen molar-refractivity contribution in [3.8, 4) is 34.3 Å². The molecule has 0 spiro atoms. The molecule has 0 saturated heterocycles. The van der Waals surface area contributed by atoms with Gasteiger partial charge in [0, 0.05) is 22.5 Å². The first-order chi connectivity index (χ1) is 18.6. The first kappa shape index (κ1) is 23.1. The van der Waals surface area contributed by atoms with Gasteiger partial charge in [-0.3, -0.25) is 4.79 Å². The maximum Gasteiger partial charge on any atom is 0.519 e. The number of aromatic amines is 1. The van der Waals surface area contributed by atoms with E-state index in [1.807, 2.05) is 54.6 Å². The van der Waals surface area contributed by atoms with E-state index in [2.05, 4.69) is 4.98 Å². The average molecular weight is 504 g/mol. The Morgan fingerprint density at radius 2 is 1.53 bits per heavy atom. The zero-order valence-electron chi connectivity index (χ0n) is 20.3. The highest BCUT2D eigenvalue weighted by Gasteiger charge is 2.29. The van der Waals surface area contributed by atoms with E-state index in [0.29, 0.717) is 22.8 Å². The molecule has 7 heteroatoms. The molecule has 1 aliphatic heterocycles. The second-order valence-corrected chi connectivity index (χ2v) is 8.56. The number of carbonyl (C=O) groups is 2. The van der Waals surface area contributed by atoms with Crippen molar-refractivity contribution in [1.29, 1.82) is 0 Å². The zero-order chi connectivity index (χ0) is 26.1. The van der Waals surface area contributed by atoms with E-state index >= 15 is 0 Å². The van der Waals surface area contributed by atoms with Crippen LogP contribution in [0.5, 0.6) is 23.0 Å². The fourth-order valence-electron chi connectivity index (χ4n) is 4.36. The van der Waals surface area contributed by atoms with Crippen LogP contribution >= 0.6 is 0 Å². The fraction of sp³-hybridized carbons (Fsp3) is 0.0323. The number of hydrogen-bond donors (Lipinski definition) is 1. The van der Waals surface area contributed by atoms with Gasteiger partial charge < -0.3 is 23.9 Å². The lowest BCUT2D eigenvalue weighted by Gasteiger charge is -2.06. The largest absolute Gasteiger partial charge is 0.519 e. The van der Waals surface area contributed by atoms with Crippen molar-refractivity contribution in [2.75, 3.05) is 7.11 Å². The monoisotopic (exact) mass is 503 g/mol. The van der Waals surface area contributed by atoms with Gasteiger partial charge in [-0.2, -0.15) is 0 Å². The minimum Gasteiger partial charge on any atom is -0.497 e. The molecule has 0 amide bonds. The molecule has 0 aliphatic carbocycles. The molecule has 0 saturated carbocycles. The molecule has 0 bridgehead atoms. The third-order valence-corrected chi connectivity index (χ3v) is 6.17. The summed E-state index contributed by atoms with van der Waals surface area (Å²) in [5.74, 6) is 1.44. The van der Waals surface area contributed by atoms with E-state index in [-0.39, 0.29) is 17.3 Å². The molecule has 4 aromatic carbocycles. The summed E-state index contributed by atoms with van der Waals surface area (Å²) >= 11 is 0. The van der Waals surface area contributed by atoms with Crippen LogP contribution in [0.3, 0.4) is 0 Å². The fourth-order valence-corrected chi connectivity index (χ4v) is 4.36. The van der Waals surface area contributed by atoms with Crippen molar-refractivity contribution >= 4 is 28.9 Å². The number of rotatable bonds is 5. The number of aromatic nitrogens is 1. The maximum atomic E-state index is 13.2. The standard InChI is InChI=1S/C31H21NO6/c1-35-21-13-15-26-24(16-21)25(29(32-26)19-8-4-2-5-9-19)18-28-30(33)23-14-12-22(17-27(23)38-28)37-31(34)36-20-10-6-3-7-11-20/h2-18,32H,1H3/b28-18+. The Hall–Kier alpha value is -5.30. The predicted octanol–water partition coefficient (Wildman–Crippen LogP) is 7.04. The highest BCUT2D eigenvalue weighted by atomic mass is 16.7. The highest BCUT2D eigenvalue weighted by molar-refractivity contribution is 6.16. The van der Waals surface area contributed by atoms with Gasteiger partial charge in [0.15, 0.2) is 5.76 Å². The number of fused-ring (bicyclic) bond motifs is 2. The Bertz CT molecular complexity index is 1700. The van der Waals surface area contributed by atoms with Gasteiger partial charge in [0.2, 0.25) is 5.78 Å². The average Bonchev–Trinajstić information content (AvgIpc) is 3.46. The van der Waals surface area contributed by atoms with E-state index < -0.39 is 6.16 Å². The summed E-state index contributed by atoms with van der Waals surface area (Å²) in [5, 5.41) is 0.885. The lowest BCUT2D eigenvalue weighted by molar-refractivity contribution is 0.101. The lowest BCUT2D eigenvalue weighted by Crippen LogP contribution is -2.13. The van der Waals surface area contributed by atoms with Crippen LogP contribution in [0.15, 0.2) is 103 Å². The van der Waals surface area contributed by atoms with Gasteiger partial charge in [0.25, 0.3) is 0 Å². The summed E-state index contributed by atoms with van der Waals surface area (Å²) in [6, 6.07) is 28.8. The molecule has 7 nitrogen and oxygen atoms in total. The number of allylic oxidation sites excluding steroid dienone is 1. The molecule has 5 aromatic rings. The Kier molecular flexibility index (Phi) is 5.86. The second kappa shape index (κ2) is 9.63. The predicted molar refractivity (Wildman–Crippen MR) is 143 cm³/mol. The quantitative estimate of drug-likeness (QED) is 0.157. The molecule has 0 radical (unpaired) electrons. The third-order valence-electron chi connectivity index (χ3n) is 6.17. The lowest BCUT2D eigenvalue weighted by atomic mass is 10.0. The molecule has 2 heterocycles. The normalized spacial score (nSPS) is 13.3. The molecule has 0 unspecified atom stereocenters. The number of Topliss-reactive ketones (excluding diaryl/α,β-unsaturated/α-hetero) is 1. The van der Waals surface area contributed by atoms with Crippen LogP contribution in [-0.2, 0) is 0 Å². The van der Waals surface area contributed by atoms with Crippen molar-refractivity contribution in [1.82, 2.24) is 4.98 Å². The van der Waals surface area contributed by atoms with Crippen molar-refractivity contribution in [3.05, 3.63) is 114 Å². The van der Waals surface area contributed by atoms with Crippen LogP contribution in [-0.4, -0.2) is 24.0 Å². The van der Waals surface area contributed by atoms with Gasteiger partial charge in [0.05, 0.1) is 18.4 Å². The molecular weight excluding hydrogens is 482 g/mol. The Morgan fingerprint density at radius 3 is 2.29 bits per heavy atom. The Morgan fingerprint density at radius 1 is 0.816 bits per heavy atom. The number of benzene rings is 4. The molecule has 186 valence electrons. The number of hydrogen-bond acceptors (Lipinski definition) is 6. The molecule has 0 fully saturated rings. The Labute approximate surface area is 217 Å². The van der Waals surface area contributed by atoms with Crippen molar-refractivity contribution in [2.24, 2.45) is 0 Å². The summed E-state index contributed by atoms with van der Waals surface area (Å²) in [6.45, 7) is 0. The van der Waals surface area contributed by atoms with Crippen LogP contribution in [0.1, 0.15) is 15.9 Å². The van der Waals surface area contributed by atoms with Crippen LogP contribution in [0, 0.1) is 0 Å². The summed E-state index contributed by atoms with van der Waals surface area (Å²) in [5.41, 5.74) is 3.88. The minimum absolute atomic E-state index is 0.157. The van der Waals surface area contributed by atoms with Crippen molar-refractivity contribution < 1.29 is 28.5 Å². The van der Waals surface area contributed by atoms with Crippen LogP contribution < -0.4 is 18.9 Å². The second-order valence-electron chi connectivity index (χ2n) is 8.56. The van der Waals surface area contributed by atoms with Crippen LogP contribution in [0.4, 0.5) is 4.79 Å². The third kappa shape index (κ3) is 4.37. The number of nitrogens with one attached hydrogen (secondary N) is 1. The Balaban J connectivity index is 1.33. The van der Waals surface area contributed by atoms with Gasteiger partial charge in [-0.05, 0) is 54.1 Å². The first-order valence-electron chi connectivity index (χ1n) is 11.9. The van der Waals surface area contributed by atoms with Crippen molar-refractivity contribution in [2.45, 2.75) is 0 Å². The van der Waals surface area contributed by atoms with Crippen LogP contribution in [0.25, 0.3) is 28.2 Å². The number of H-pyrrole nitrogens is 1. The van der Waals surface area contributed by atoms with E-state index in [0.717, 1.165) is 27.7 Å². The van der Waals surface area contributed by atoms with Gasteiger partial charge in [-0.1, -0.05) is 48.5 Å². The van der Waals surface area contributed by atoms with E-state index in [9.17, 15) is 9.59 Å².